The fraction of sp³-hybridized carbons (Fsp3) is 0.312. The van der Waals surface area contributed by atoms with Gasteiger partial charge in [0.05, 0.1) is 17.0 Å². The number of para-hydroxylation sites is 1. The summed E-state index contributed by atoms with van der Waals surface area (Å²) in [5, 5.41) is 11.4. The van der Waals surface area contributed by atoms with Gasteiger partial charge in [0.25, 0.3) is 0 Å². The highest BCUT2D eigenvalue weighted by Crippen LogP contribution is 2.14. The van der Waals surface area contributed by atoms with E-state index in [1.165, 1.54) is 6.20 Å². The summed E-state index contributed by atoms with van der Waals surface area (Å²) in [4.78, 5) is 4.44. The summed E-state index contributed by atoms with van der Waals surface area (Å²) in [5.74, 6) is 1.27. The third-order valence-electron chi connectivity index (χ3n) is 3.99. The number of hydrogen-bond acceptors (Lipinski definition) is 7. The van der Waals surface area contributed by atoms with Crippen molar-refractivity contribution in [3.05, 3.63) is 48.9 Å². The average molecular weight is 360 g/mol. The molecular weight excluding hydrogens is 340 g/mol. The van der Waals surface area contributed by atoms with E-state index in [0.29, 0.717) is 24.5 Å². The van der Waals surface area contributed by atoms with Crippen LogP contribution in [0.5, 0.6) is 0 Å². The van der Waals surface area contributed by atoms with Gasteiger partial charge in [0.1, 0.15) is 21.2 Å². The molecule has 1 aliphatic rings. The normalized spacial score (nSPS) is 18.6. The first-order chi connectivity index (χ1) is 12.0. The van der Waals surface area contributed by atoms with Crippen LogP contribution in [0.1, 0.15) is 12.8 Å². The Morgan fingerprint density at radius 2 is 2.08 bits per heavy atom. The molecular formula is C16H20N6O2S. The van der Waals surface area contributed by atoms with Crippen molar-refractivity contribution >= 4 is 26.7 Å². The van der Waals surface area contributed by atoms with E-state index in [2.05, 4.69) is 27.2 Å². The molecule has 132 valence electrons. The zero-order valence-electron chi connectivity index (χ0n) is 13.7. The summed E-state index contributed by atoms with van der Waals surface area (Å²) in [6.45, 7) is 3.91. The first-order valence-electron chi connectivity index (χ1n) is 7.92. The second-order valence-corrected chi connectivity index (χ2v) is 8.14. The summed E-state index contributed by atoms with van der Waals surface area (Å²) in [7, 11) is -2.90. The monoisotopic (exact) mass is 360 g/mol. The minimum Gasteiger partial charge on any atom is -0.404 e. The Balaban J connectivity index is 1.79. The van der Waals surface area contributed by atoms with Crippen LogP contribution in [-0.2, 0) is 9.84 Å². The Morgan fingerprint density at radius 3 is 2.80 bits per heavy atom. The number of hydrogen-bond donors (Lipinski definition) is 2. The van der Waals surface area contributed by atoms with E-state index in [9.17, 15) is 8.42 Å². The summed E-state index contributed by atoms with van der Waals surface area (Å²) in [6, 6.07) is 7.56. The minimum atomic E-state index is -2.90. The number of allylic oxidation sites excluding steroid dienone is 1. The third-order valence-corrected chi connectivity index (χ3v) is 5.70. The summed E-state index contributed by atoms with van der Waals surface area (Å²) >= 11 is 0. The maximum absolute atomic E-state index is 11.5. The van der Waals surface area contributed by atoms with Crippen LogP contribution in [-0.4, -0.2) is 46.8 Å². The van der Waals surface area contributed by atoms with Crippen LogP contribution in [0.4, 0.5) is 0 Å². The van der Waals surface area contributed by atoms with Gasteiger partial charge < -0.3 is 11.1 Å². The molecule has 0 bridgehead atoms. The molecule has 2 aromatic rings. The van der Waals surface area contributed by atoms with Crippen molar-refractivity contribution in [3.8, 4) is 0 Å². The van der Waals surface area contributed by atoms with Crippen LogP contribution < -0.4 is 11.1 Å². The van der Waals surface area contributed by atoms with Gasteiger partial charge in [-0.2, -0.15) is 4.68 Å². The molecule has 0 spiro atoms. The fourth-order valence-electron chi connectivity index (χ4n) is 2.72. The van der Waals surface area contributed by atoms with Crippen molar-refractivity contribution in [2.75, 3.05) is 11.5 Å². The number of benzene rings is 1. The molecule has 1 saturated heterocycles. The van der Waals surface area contributed by atoms with E-state index in [1.54, 1.807) is 10.8 Å². The zero-order valence-corrected chi connectivity index (χ0v) is 14.5. The number of aliphatic imine (C=N–C) groups is 1. The SMILES string of the molecule is C=C(/N=C(\C=C/N)n1nnc2ccccc21)NC1CCS(=O)(=O)CC1. The zero-order chi connectivity index (χ0) is 17.9. The first-order valence-corrected chi connectivity index (χ1v) is 9.74. The highest BCUT2D eigenvalue weighted by atomic mass is 32.2. The van der Waals surface area contributed by atoms with Gasteiger partial charge in [-0.3, -0.25) is 0 Å². The van der Waals surface area contributed by atoms with Crippen molar-refractivity contribution in [2.24, 2.45) is 10.7 Å². The Labute approximate surface area is 146 Å². The average Bonchev–Trinajstić information content (AvgIpc) is 3.00. The van der Waals surface area contributed by atoms with Gasteiger partial charge in [-0.15, -0.1) is 5.10 Å². The highest BCUT2D eigenvalue weighted by molar-refractivity contribution is 7.91. The van der Waals surface area contributed by atoms with Gasteiger partial charge >= 0.3 is 0 Å². The maximum Gasteiger partial charge on any atom is 0.159 e. The minimum absolute atomic E-state index is 0.0374. The topological polar surface area (TPSA) is 115 Å². The Morgan fingerprint density at radius 1 is 1.36 bits per heavy atom. The summed E-state index contributed by atoms with van der Waals surface area (Å²) < 4.78 is 24.6. The highest BCUT2D eigenvalue weighted by Gasteiger charge is 2.23. The van der Waals surface area contributed by atoms with Gasteiger partial charge in [0.2, 0.25) is 0 Å². The van der Waals surface area contributed by atoms with Gasteiger partial charge in [-0.25, -0.2) is 13.4 Å². The van der Waals surface area contributed by atoms with E-state index in [0.717, 1.165) is 11.0 Å². The predicted octanol–water partition coefficient (Wildman–Crippen LogP) is 0.788. The molecule has 3 rings (SSSR count). The van der Waals surface area contributed by atoms with E-state index in [-0.39, 0.29) is 17.5 Å². The Hall–Kier alpha value is -2.68. The van der Waals surface area contributed by atoms with Gasteiger partial charge in [0, 0.05) is 6.04 Å². The van der Waals surface area contributed by atoms with Crippen LogP contribution in [0, 0.1) is 0 Å². The quantitative estimate of drug-likeness (QED) is 0.615. The fourth-order valence-corrected chi connectivity index (χ4v) is 4.21. The Bertz CT molecular complexity index is 930. The number of sulfone groups is 1. The Kier molecular flexibility index (Phi) is 4.84. The standard InChI is InChI=1S/C16H20N6O2S/c1-12(18-13-7-10-25(23,24)11-8-13)19-16(6-9-17)22-15-5-3-2-4-14(15)20-21-22/h2-6,9,13,18H,1,7-8,10-11,17H2/b9-6-,19-16+. The molecule has 9 heteroatoms. The molecule has 1 aliphatic heterocycles. The largest absolute Gasteiger partial charge is 0.404 e. The van der Waals surface area contributed by atoms with E-state index in [1.807, 2.05) is 24.3 Å². The number of fused-ring (bicyclic) bond motifs is 1. The molecule has 1 aromatic carbocycles. The lowest BCUT2D eigenvalue weighted by molar-refractivity contribution is 0.498. The molecule has 0 saturated carbocycles. The predicted molar refractivity (Wildman–Crippen MR) is 97.6 cm³/mol. The summed E-state index contributed by atoms with van der Waals surface area (Å²) in [6.07, 6.45) is 4.07. The maximum atomic E-state index is 11.5. The molecule has 3 N–H and O–H groups in total. The first kappa shape index (κ1) is 17.2. The molecule has 0 radical (unpaired) electrons. The number of rotatable bonds is 4. The number of aromatic nitrogens is 3. The summed E-state index contributed by atoms with van der Waals surface area (Å²) in [5.41, 5.74) is 7.08. The van der Waals surface area contributed by atoms with E-state index in [4.69, 9.17) is 5.73 Å². The molecule has 0 unspecified atom stereocenters. The molecule has 1 fully saturated rings. The van der Waals surface area contributed by atoms with Crippen molar-refractivity contribution in [1.29, 1.82) is 0 Å². The van der Waals surface area contributed by atoms with Gasteiger partial charge in [-0.05, 0) is 37.3 Å². The number of nitrogens with two attached hydrogens (primary N) is 1. The van der Waals surface area contributed by atoms with Gasteiger partial charge in [0.15, 0.2) is 5.84 Å². The molecule has 25 heavy (non-hydrogen) atoms. The molecule has 2 heterocycles. The van der Waals surface area contributed by atoms with Crippen LogP contribution in [0.15, 0.2) is 53.9 Å². The van der Waals surface area contributed by atoms with Crippen molar-refractivity contribution < 1.29 is 8.42 Å². The van der Waals surface area contributed by atoms with Crippen LogP contribution in [0.25, 0.3) is 11.0 Å². The van der Waals surface area contributed by atoms with Crippen molar-refractivity contribution in [1.82, 2.24) is 20.3 Å². The van der Waals surface area contributed by atoms with E-state index < -0.39 is 9.84 Å². The number of nitrogens with zero attached hydrogens (tertiary/aromatic N) is 4. The van der Waals surface area contributed by atoms with Crippen molar-refractivity contribution in [2.45, 2.75) is 18.9 Å². The van der Waals surface area contributed by atoms with Crippen LogP contribution in [0.3, 0.4) is 0 Å². The van der Waals surface area contributed by atoms with Crippen molar-refractivity contribution in [3.63, 3.8) is 0 Å². The van der Waals surface area contributed by atoms with Crippen LogP contribution in [0.2, 0.25) is 0 Å². The molecule has 0 amide bonds. The molecule has 0 aliphatic carbocycles. The molecule has 8 nitrogen and oxygen atoms in total. The lowest BCUT2D eigenvalue weighted by Gasteiger charge is -2.23. The second-order valence-electron chi connectivity index (χ2n) is 5.84. The lowest BCUT2D eigenvalue weighted by atomic mass is 10.1. The van der Waals surface area contributed by atoms with E-state index >= 15 is 0 Å². The molecule has 0 atom stereocenters. The smallest absolute Gasteiger partial charge is 0.159 e. The second kappa shape index (κ2) is 7.06. The molecule has 1 aromatic heterocycles. The number of nitrogens with one attached hydrogen (secondary N) is 1. The lowest BCUT2D eigenvalue weighted by Crippen LogP contribution is -2.36. The van der Waals surface area contributed by atoms with Gasteiger partial charge in [-0.1, -0.05) is 23.9 Å². The van der Waals surface area contributed by atoms with Crippen LogP contribution >= 0.6 is 0 Å². The third kappa shape index (κ3) is 4.05.